The van der Waals surface area contributed by atoms with Crippen LogP contribution in [0.3, 0.4) is 0 Å². The first-order valence-electron chi connectivity index (χ1n) is 10.6. The Hall–Kier alpha value is -1.71. The second-order valence-corrected chi connectivity index (χ2v) is 10.9. The molecule has 0 atom stereocenters. The average Bonchev–Trinajstić information content (AvgIpc) is 3.33. The molecule has 0 amide bonds. The van der Waals surface area contributed by atoms with E-state index in [0.717, 1.165) is 55.4 Å². The maximum atomic E-state index is 13.0. The van der Waals surface area contributed by atoms with E-state index >= 15 is 0 Å². The van der Waals surface area contributed by atoms with E-state index in [0.29, 0.717) is 25.7 Å². The minimum atomic E-state index is -3.24. The number of anilines is 1. The van der Waals surface area contributed by atoms with Crippen LogP contribution in [0.15, 0.2) is 18.6 Å². The first kappa shape index (κ1) is 19.3. The minimum Gasteiger partial charge on any atom is -0.372 e. The molecule has 2 aromatic heterocycles. The van der Waals surface area contributed by atoms with Gasteiger partial charge in [0.1, 0.15) is 17.8 Å². The van der Waals surface area contributed by atoms with E-state index in [9.17, 15) is 8.42 Å². The third-order valence-electron chi connectivity index (χ3n) is 6.99. The van der Waals surface area contributed by atoms with Crippen molar-refractivity contribution >= 4 is 26.9 Å². The number of hydrogen-bond donors (Lipinski definition) is 1. The Morgan fingerprint density at radius 2 is 2.10 bits per heavy atom. The fraction of sp³-hybridized carbons (Fsp3) is 0.700. The molecule has 1 saturated heterocycles. The largest absolute Gasteiger partial charge is 0.372 e. The lowest BCUT2D eigenvalue weighted by Crippen LogP contribution is -2.54. The van der Waals surface area contributed by atoms with Crippen LogP contribution in [0, 0.1) is 5.92 Å². The lowest BCUT2D eigenvalue weighted by molar-refractivity contribution is -0.0843. The van der Waals surface area contributed by atoms with E-state index in [1.54, 1.807) is 10.6 Å². The van der Waals surface area contributed by atoms with Gasteiger partial charge in [0, 0.05) is 32.4 Å². The van der Waals surface area contributed by atoms with Crippen molar-refractivity contribution in [3.05, 3.63) is 18.6 Å². The van der Waals surface area contributed by atoms with Crippen molar-refractivity contribution in [1.82, 2.24) is 19.3 Å². The fourth-order valence-electron chi connectivity index (χ4n) is 5.24. The predicted octanol–water partition coefficient (Wildman–Crippen LogP) is 2.15. The minimum absolute atomic E-state index is 0.207. The standard InChI is InChI=1S/C20H29N5O3S/c1-24(19-17-4-7-21-18(17)22-14-23-19)16-10-15(11-16)12-29(26,27)25-8-9-28-20(13-25)5-2-3-6-20/h4,7,14-16H,2-3,5-6,8-13H2,1H3,(H,21,22,23). The van der Waals surface area contributed by atoms with Crippen LogP contribution >= 0.6 is 0 Å². The molecule has 1 N–H and O–H groups in total. The monoisotopic (exact) mass is 419 g/mol. The molecular formula is C20H29N5O3S. The van der Waals surface area contributed by atoms with Gasteiger partial charge in [0.25, 0.3) is 0 Å². The summed E-state index contributed by atoms with van der Waals surface area (Å²) in [5, 5.41) is 1.00. The highest BCUT2D eigenvalue weighted by atomic mass is 32.2. The van der Waals surface area contributed by atoms with Gasteiger partial charge in [0.2, 0.25) is 10.0 Å². The van der Waals surface area contributed by atoms with Crippen molar-refractivity contribution in [2.75, 3.05) is 37.4 Å². The van der Waals surface area contributed by atoms with Gasteiger partial charge in [-0.25, -0.2) is 18.4 Å². The SMILES string of the molecule is CN(c1ncnc2[nH]ccc12)C1CC(CS(=O)(=O)N2CCOC3(CCCC3)C2)C1. The van der Waals surface area contributed by atoms with Crippen molar-refractivity contribution in [2.45, 2.75) is 50.2 Å². The van der Waals surface area contributed by atoms with E-state index in [1.807, 2.05) is 19.3 Å². The van der Waals surface area contributed by atoms with E-state index < -0.39 is 10.0 Å². The zero-order valence-electron chi connectivity index (χ0n) is 16.9. The number of morpholine rings is 1. The van der Waals surface area contributed by atoms with Gasteiger partial charge in [0.05, 0.1) is 23.3 Å². The van der Waals surface area contributed by atoms with Crippen LogP contribution < -0.4 is 4.90 Å². The maximum absolute atomic E-state index is 13.0. The molecule has 0 radical (unpaired) electrons. The Balaban J connectivity index is 1.20. The number of sulfonamides is 1. The molecule has 3 aliphatic rings. The summed E-state index contributed by atoms with van der Waals surface area (Å²) in [7, 11) is -1.20. The van der Waals surface area contributed by atoms with Gasteiger partial charge >= 0.3 is 0 Å². The van der Waals surface area contributed by atoms with Gasteiger partial charge in [-0.1, -0.05) is 12.8 Å². The Labute approximate surface area is 171 Å². The van der Waals surface area contributed by atoms with Crippen molar-refractivity contribution in [1.29, 1.82) is 0 Å². The number of hydrogen-bond acceptors (Lipinski definition) is 6. The number of ether oxygens (including phenoxy) is 1. The van der Waals surface area contributed by atoms with Gasteiger partial charge in [-0.15, -0.1) is 0 Å². The molecule has 29 heavy (non-hydrogen) atoms. The Bertz CT molecular complexity index is 979. The van der Waals surface area contributed by atoms with E-state index in [-0.39, 0.29) is 17.3 Å². The molecule has 0 aromatic carbocycles. The molecule has 2 aliphatic carbocycles. The molecule has 3 heterocycles. The van der Waals surface area contributed by atoms with Crippen LogP contribution in [0.1, 0.15) is 38.5 Å². The molecule has 0 bridgehead atoms. The highest BCUT2D eigenvalue weighted by Crippen LogP contribution is 2.39. The fourth-order valence-corrected chi connectivity index (χ4v) is 7.10. The third kappa shape index (κ3) is 3.53. The van der Waals surface area contributed by atoms with Crippen LogP contribution in [-0.4, -0.2) is 71.8 Å². The first-order valence-corrected chi connectivity index (χ1v) is 12.2. The lowest BCUT2D eigenvalue weighted by atomic mass is 9.81. The summed E-state index contributed by atoms with van der Waals surface area (Å²) in [6.07, 6.45) is 9.45. The second-order valence-electron chi connectivity index (χ2n) is 8.89. The van der Waals surface area contributed by atoms with Crippen LogP contribution in [0.2, 0.25) is 0 Å². The molecule has 2 aromatic rings. The number of nitrogens with one attached hydrogen (secondary N) is 1. The number of aromatic amines is 1. The third-order valence-corrected chi connectivity index (χ3v) is 8.98. The number of rotatable bonds is 5. The topological polar surface area (TPSA) is 91.4 Å². The van der Waals surface area contributed by atoms with Crippen molar-refractivity contribution in [2.24, 2.45) is 5.92 Å². The summed E-state index contributed by atoms with van der Waals surface area (Å²) in [6, 6.07) is 2.30. The molecular weight excluding hydrogens is 390 g/mol. The second kappa shape index (κ2) is 7.21. The Kier molecular flexibility index (Phi) is 4.79. The lowest BCUT2D eigenvalue weighted by Gasteiger charge is -2.44. The van der Waals surface area contributed by atoms with Gasteiger partial charge in [0.15, 0.2) is 0 Å². The quantitative estimate of drug-likeness (QED) is 0.798. The normalized spacial score (nSPS) is 27.3. The van der Waals surface area contributed by atoms with E-state index in [2.05, 4.69) is 19.9 Å². The Morgan fingerprint density at radius 1 is 1.31 bits per heavy atom. The average molecular weight is 420 g/mol. The maximum Gasteiger partial charge on any atom is 0.214 e. The zero-order valence-corrected chi connectivity index (χ0v) is 17.7. The smallest absolute Gasteiger partial charge is 0.214 e. The van der Waals surface area contributed by atoms with Gasteiger partial charge < -0.3 is 14.6 Å². The molecule has 8 nitrogen and oxygen atoms in total. The van der Waals surface area contributed by atoms with Crippen molar-refractivity contribution in [3.63, 3.8) is 0 Å². The van der Waals surface area contributed by atoms with Crippen LogP contribution in [0.25, 0.3) is 11.0 Å². The molecule has 5 rings (SSSR count). The summed E-state index contributed by atoms with van der Waals surface area (Å²) in [4.78, 5) is 14.0. The summed E-state index contributed by atoms with van der Waals surface area (Å²) in [5.74, 6) is 1.36. The zero-order chi connectivity index (χ0) is 20.1. The summed E-state index contributed by atoms with van der Waals surface area (Å²) < 4.78 is 33.8. The van der Waals surface area contributed by atoms with Gasteiger partial charge in [-0.2, -0.15) is 4.31 Å². The summed E-state index contributed by atoms with van der Waals surface area (Å²) in [6.45, 7) is 1.56. The molecule has 3 fully saturated rings. The number of fused-ring (bicyclic) bond motifs is 1. The van der Waals surface area contributed by atoms with Crippen molar-refractivity contribution in [3.8, 4) is 0 Å². The number of nitrogens with zero attached hydrogens (tertiary/aromatic N) is 4. The molecule has 2 saturated carbocycles. The Morgan fingerprint density at radius 3 is 2.90 bits per heavy atom. The van der Waals surface area contributed by atoms with Crippen LogP contribution in [-0.2, 0) is 14.8 Å². The highest BCUT2D eigenvalue weighted by Gasteiger charge is 2.44. The van der Waals surface area contributed by atoms with E-state index in [4.69, 9.17) is 4.74 Å². The molecule has 1 spiro atoms. The molecule has 1 aliphatic heterocycles. The number of H-pyrrole nitrogens is 1. The van der Waals surface area contributed by atoms with Crippen molar-refractivity contribution < 1.29 is 13.2 Å². The van der Waals surface area contributed by atoms with Crippen LogP contribution in [0.4, 0.5) is 5.82 Å². The summed E-state index contributed by atoms with van der Waals surface area (Å²) >= 11 is 0. The van der Waals surface area contributed by atoms with E-state index in [1.165, 1.54) is 0 Å². The predicted molar refractivity (Wildman–Crippen MR) is 111 cm³/mol. The number of aromatic nitrogens is 3. The summed E-state index contributed by atoms with van der Waals surface area (Å²) in [5.41, 5.74) is 0.608. The van der Waals surface area contributed by atoms with Gasteiger partial charge in [-0.05, 0) is 37.7 Å². The molecule has 158 valence electrons. The van der Waals surface area contributed by atoms with Crippen LogP contribution in [0.5, 0.6) is 0 Å². The molecule has 0 unspecified atom stereocenters. The first-order chi connectivity index (χ1) is 14.0. The highest BCUT2D eigenvalue weighted by molar-refractivity contribution is 7.89. The molecule has 9 heteroatoms. The van der Waals surface area contributed by atoms with Gasteiger partial charge in [-0.3, -0.25) is 0 Å².